The average Bonchev–Trinajstić information content (AvgIpc) is 2.66. The molecule has 3 nitrogen and oxygen atoms in total. The summed E-state index contributed by atoms with van der Waals surface area (Å²) in [6.07, 6.45) is -1.31. The fourth-order valence-electron chi connectivity index (χ4n) is 2.58. The van der Waals surface area contributed by atoms with Gasteiger partial charge in [-0.25, -0.2) is 0 Å². The highest BCUT2D eigenvalue weighted by molar-refractivity contribution is 6.00. The largest absolute Gasteiger partial charge is 0.416 e. The molecule has 0 bridgehead atoms. The number of carbonyl (C=O) groups is 1. The zero-order valence-corrected chi connectivity index (χ0v) is 13.6. The Morgan fingerprint density at radius 3 is 2.50 bits per heavy atom. The van der Waals surface area contributed by atoms with Gasteiger partial charge in [0.05, 0.1) is 11.1 Å². The molecule has 26 heavy (non-hydrogen) atoms. The second-order valence-corrected chi connectivity index (χ2v) is 5.67. The van der Waals surface area contributed by atoms with Gasteiger partial charge in [0.1, 0.15) is 0 Å². The second-order valence-electron chi connectivity index (χ2n) is 5.67. The van der Waals surface area contributed by atoms with Gasteiger partial charge in [0, 0.05) is 24.5 Å². The first-order chi connectivity index (χ1) is 12.4. The molecule has 1 N–H and O–H groups in total. The number of carbonyl (C=O) groups excluding carboxylic acids is 1. The van der Waals surface area contributed by atoms with Gasteiger partial charge in [-0.2, -0.15) is 13.2 Å². The summed E-state index contributed by atoms with van der Waals surface area (Å²) in [5.74, 6) is -0.372. The zero-order valence-electron chi connectivity index (χ0n) is 13.6. The summed E-state index contributed by atoms with van der Waals surface area (Å²) in [4.78, 5) is 16.6. The number of halogens is 3. The minimum Gasteiger partial charge on any atom is -0.348 e. The van der Waals surface area contributed by atoms with Gasteiger partial charge in [0.2, 0.25) is 0 Å². The molecule has 1 heterocycles. The van der Waals surface area contributed by atoms with Crippen LogP contribution < -0.4 is 5.32 Å². The predicted octanol–water partition coefficient (Wildman–Crippen LogP) is 4.70. The second kappa shape index (κ2) is 7.39. The molecule has 0 aliphatic carbocycles. The summed E-state index contributed by atoms with van der Waals surface area (Å²) >= 11 is 0. The summed E-state index contributed by atoms with van der Waals surface area (Å²) in [5, 5.41) is 2.67. The van der Waals surface area contributed by atoms with E-state index in [1.807, 2.05) is 30.3 Å². The predicted molar refractivity (Wildman–Crippen MR) is 92.3 cm³/mol. The van der Waals surface area contributed by atoms with E-state index >= 15 is 0 Å². The van der Waals surface area contributed by atoms with E-state index in [2.05, 4.69) is 10.3 Å². The van der Waals surface area contributed by atoms with Crippen LogP contribution in [0.3, 0.4) is 0 Å². The third-order valence-electron chi connectivity index (χ3n) is 3.86. The van der Waals surface area contributed by atoms with E-state index in [1.165, 1.54) is 12.3 Å². The monoisotopic (exact) mass is 356 g/mol. The first-order valence-electron chi connectivity index (χ1n) is 7.89. The van der Waals surface area contributed by atoms with Gasteiger partial charge in [0.25, 0.3) is 5.91 Å². The highest BCUT2D eigenvalue weighted by Gasteiger charge is 2.30. The van der Waals surface area contributed by atoms with Crippen LogP contribution in [0.1, 0.15) is 21.5 Å². The summed E-state index contributed by atoms with van der Waals surface area (Å²) in [7, 11) is 0. The molecule has 0 aliphatic heterocycles. The van der Waals surface area contributed by atoms with Crippen LogP contribution in [-0.4, -0.2) is 10.9 Å². The molecule has 0 unspecified atom stereocenters. The van der Waals surface area contributed by atoms with Crippen LogP contribution in [0.15, 0.2) is 73.1 Å². The molecule has 0 aliphatic rings. The number of hydrogen-bond donors (Lipinski definition) is 1. The van der Waals surface area contributed by atoms with Crippen molar-refractivity contribution in [2.75, 3.05) is 0 Å². The Hall–Kier alpha value is -3.15. The van der Waals surface area contributed by atoms with Gasteiger partial charge in [-0.05, 0) is 29.3 Å². The fourth-order valence-corrected chi connectivity index (χ4v) is 2.58. The van der Waals surface area contributed by atoms with Gasteiger partial charge < -0.3 is 5.32 Å². The van der Waals surface area contributed by atoms with Gasteiger partial charge in [-0.1, -0.05) is 42.5 Å². The van der Waals surface area contributed by atoms with Crippen LogP contribution in [0.25, 0.3) is 11.1 Å². The van der Waals surface area contributed by atoms with Crippen LogP contribution in [0, 0.1) is 0 Å². The number of pyridine rings is 1. The highest BCUT2D eigenvalue weighted by Crippen LogP contribution is 2.29. The summed E-state index contributed by atoms with van der Waals surface area (Å²) < 4.78 is 38.3. The molecule has 0 saturated carbocycles. The maximum absolute atomic E-state index is 12.8. The molecule has 1 aromatic heterocycles. The van der Waals surface area contributed by atoms with Crippen molar-refractivity contribution in [1.82, 2.24) is 10.3 Å². The number of nitrogens with one attached hydrogen (secondary N) is 1. The van der Waals surface area contributed by atoms with Crippen LogP contribution in [0.2, 0.25) is 0 Å². The minimum atomic E-state index is -4.41. The lowest BCUT2D eigenvalue weighted by Gasteiger charge is -2.11. The van der Waals surface area contributed by atoms with Crippen LogP contribution in [0.5, 0.6) is 0 Å². The molecule has 2 aromatic carbocycles. The van der Waals surface area contributed by atoms with Crippen molar-refractivity contribution in [1.29, 1.82) is 0 Å². The van der Waals surface area contributed by atoms with Gasteiger partial charge in [0.15, 0.2) is 0 Å². The van der Waals surface area contributed by atoms with Crippen molar-refractivity contribution in [3.05, 3.63) is 89.7 Å². The van der Waals surface area contributed by atoms with Crippen molar-refractivity contribution in [3.8, 4) is 11.1 Å². The fraction of sp³-hybridized carbons (Fsp3) is 0.100. The lowest BCUT2D eigenvalue weighted by atomic mass is 10.0. The summed E-state index contributed by atoms with van der Waals surface area (Å²) in [6, 6.07) is 15.8. The maximum Gasteiger partial charge on any atom is 0.416 e. The molecular formula is C20H15F3N2O. The average molecular weight is 356 g/mol. The Balaban J connectivity index is 1.78. The van der Waals surface area contributed by atoms with E-state index in [9.17, 15) is 18.0 Å². The van der Waals surface area contributed by atoms with Crippen molar-refractivity contribution in [2.24, 2.45) is 0 Å². The van der Waals surface area contributed by atoms with Crippen LogP contribution in [0.4, 0.5) is 13.2 Å². The minimum absolute atomic E-state index is 0.000689. The Morgan fingerprint density at radius 2 is 1.77 bits per heavy atom. The number of benzene rings is 2. The van der Waals surface area contributed by atoms with E-state index in [1.54, 1.807) is 18.3 Å². The number of hydrogen-bond acceptors (Lipinski definition) is 2. The third-order valence-corrected chi connectivity index (χ3v) is 3.86. The molecule has 0 spiro atoms. The SMILES string of the molecule is O=C(NCc1cccc(C(F)(F)F)c1)c1ccncc1-c1ccccc1. The first-order valence-corrected chi connectivity index (χ1v) is 7.89. The van der Waals surface area contributed by atoms with Crippen molar-refractivity contribution in [3.63, 3.8) is 0 Å². The third kappa shape index (κ3) is 4.08. The molecule has 0 saturated heterocycles. The Morgan fingerprint density at radius 1 is 1.00 bits per heavy atom. The van der Waals surface area contributed by atoms with Crippen LogP contribution >= 0.6 is 0 Å². The lowest BCUT2D eigenvalue weighted by molar-refractivity contribution is -0.137. The smallest absolute Gasteiger partial charge is 0.348 e. The Labute approximate surface area is 148 Å². The molecular weight excluding hydrogens is 341 g/mol. The van der Waals surface area contributed by atoms with Gasteiger partial charge in [-0.3, -0.25) is 9.78 Å². The molecule has 0 radical (unpaired) electrons. The van der Waals surface area contributed by atoms with E-state index in [-0.39, 0.29) is 12.5 Å². The standard InChI is InChI=1S/C20H15F3N2O/c21-20(22,23)16-8-4-5-14(11-16)12-25-19(26)17-9-10-24-13-18(17)15-6-2-1-3-7-15/h1-11,13H,12H2,(H,25,26). The number of rotatable bonds is 4. The van der Waals surface area contributed by atoms with Crippen molar-refractivity contribution in [2.45, 2.75) is 12.7 Å². The van der Waals surface area contributed by atoms with E-state index < -0.39 is 11.7 Å². The van der Waals surface area contributed by atoms with E-state index in [4.69, 9.17) is 0 Å². The van der Waals surface area contributed by atoms with E-state index in [0.717, 1.165) is 17.7 Å². The van der Waals surface area contributed by atoms with E-state index in [0.29, 0.717) is 16.7 Å². The molecule has 3 rings (SSSR count). The number of aromatic nitrogens is 1. The molecule has 3 aromatic rings. The number of alkyl halides is 3. The Bertz CT molecular complexity index is 908. The van der Waals surface area contributed by atoms with Gasteiger partial charge >= 0.3 is 6.18 Å². The van der Waals surface area contributed by atoms with Crippen molar-refractivity contribution < 1.29 is 18.0 Å². The topological polar surface area (TPSA) is 42.0 Å². The normalized spacial score (nSPS) is 11.2. The molecule has 6 heteroatoms. The summed E-state index contributed by atoms with van der Waals surface area (Å²) in [5.41, 5.74) is 1.55. The Kier molecular flexibility index (Phi) is 5.02. The lowest BCUT2D eigenvalue weighted by Crippen LogP contribution is -2.23. The first kappa shape index (κ1) is 17.7. The molecule has 132 valence electrons. The van der Waals surface area contributed by atoms with Crippen molar-refractivity contribution >= 4 is 5.91 Å². The zero-order chi connectivity index (χ0) is 18.6. The van der Waals surface area contributed by atoms with Gasteiger partial charge in [-0.15, -0.1) is 0 Å². The molecule has 0 atom stereocenters. The molecule has 1 amide bonds. The van der Waals surface area contributed by atoms with Crippen LogP contribution in [-0.2, 0) is 12.7 Å². The highest BCUT2D eigenvalue weighted by atomic mass is 19.4. The number of amides is 1. The quantitative estimate of drug-likeness (QED) is 0.736. The molecule has 0 fully saturated rings. The summed E-state index contributed by atoms with van der Waals surface area (Å²) in [6.45, 7) is -0.000689. The number of nitrogens with zero attached hydrogens (tertiary/aromatic N) is 1. The maximum atomic E-state index is 12.8.